The van der Waals surface area contributed by atoms with Gasteiger partial charge in [-0.15, -0.1) is 11.3 Å². The fourth-order valence-electron chi connectivity index (χ4n) is 4.65. The number of fused-ring (bicyclic) bond motifs is 3. The van der Waals surface area contributed by atoms with Crippen LogP contribution in [-0.2, 0) is 0 Å². The lowest BCUT2D eigenvalue weighted by molar-refractivity contribution is 0.0695. The number of aromatic nitrogens is 2. The summed E-state index contributed by atoms with van der Waals surface area (Å²) in [4.78, 5) is 30.7. The SMILES string of the molecule is CNC12CC(CN(c3nc4c(cc3F)c(=O)c(C(=O)O)cn4-c3cccs3)C1)C2. The zero-order valence-electron chi connectivity index (χ0n) is 15.7. The minimum Gasteiger partial charge on any atom is -0.477 e. The van der Waals surface area contributed by atoms with Crippen LogP contribution >= 0.6 is 11.3 Å². The Morgan fingerprint density at radius 2 is 2.24 bits per heavy atom. The highest BCUT2D eigenvalue weighted by Crippen LogP contribution is 2.44. The van der Waals surface area contributed by atoms with Crippen molar-refractivity contribution < 1.29 is 14.3 Å². The number of nitrogens with one attached hydrogen (secondary N) is 1. The molecule has 5 heterocycles. The minimum absolute atomic E-state index is 0.0213. The molecule has 0 amide bonds. The Morgan fingerprint density at radius 1 is 1.45 bits per heavy atom. The predicted molar refractivity (Wildman–Crippen MR) is 109 cm³/mol. The molecule has 6 rings (SSSR count). The number of anilines is 1. The van der Waals surface area contributed by atoms with Crippen molar-refractivity contribution in [2.45, 2.75) is 18.4 Å². The number of piperidine rings is 2. The molecule has 2 saturated heterocycles. The molecule has 2 N–H and O–H groups in total. The largest absolute Gasteiger partial charge is 0.477 e. The lowest BCUT2D eigenvalue weighted by Gasteiger charge is -2.56. The average molecular weight is 414 g/mol. The lowest BCUT2D eigenvalue weighted by Crippen LogP contribution is -2.67. The Labute approximate surface area is 169 Å². The summed E-state index contributed by atoms with van der Waals surface area (Å²) in [5.41, 5.74) is -0.900. The molecule has 0 atom stereocenters. The molecule has 0 aromatic carbocycles. The Morgan fingerprint density at radius 3 is 2.90 bits per heavy atom. The standard InChI is InChI=1S/C20H19FN4O3S/c1-22-20-6-11(7-20)8-24(10-20)18-14(21)5-12-16(26)13(19(27)28)9-25(17(12)23-18)15-3-2-4-29-15/h2-5,9,11,22H,6-8,10H2,1H3,(H,27,28). The van der Waals surface area contributed by atoms with E-state index in [2.05, 4.69) is 10.3 Å². The van der Waals surface area contributed by atoms with Gasteiger partial charge >= 0.3 is 5.97 Å². The minimum atomic E-state index is -1.35. The van der Waals surface area contributed by atoms with Crippen LogP contribution in [0.25, 0.3) is 16.0 Å². The fraction of sp³-hybridized carbons (Fsp3) is 0.350. The Bertz CT molecular complexity index is 1180. The fourth-order valence-corrected chi connectivity index (χ4v) is 5.36. The van der Waals surface area contributed by atoms with Crippen LogP contribution in [0.3, 0.4) is 0 Å². The number of thiophene rings is 1. The van der Waals surface area contributed by atoms with Crippen LogP contribution in [-0.4, -0.2) is 46.3 Å². The van der Waals surface area contributed by atoms with Crippen LogP contribution in [0.5, 0.6) is 0 Å². The number of aromatic carboxylic acids is 1. The number of carboxylic acid groups (broad SMARTS) is 1. The second-order valence-electron chi connectivity index (χ2n) is 7.85. The monoisotopic (exact) mass is 414 g/mol. The third kappa shape index (κ3) is 2.76. The van der Waals surface area contributed by atoms with Crippen LogP contribution in [0, 0.1) is 11.7 Å². The summed E-state index contributed by atoms with van der Waals surface area (Å²) < 4.78 is 16.6. The highest BCUT2D eigenvalue weighted by Gasteiger charge is 2.49. The Kier molecular flexibility index (Phi) is 4.01. The number of rotatable bonds is 4. The Balaban J connectivity index is 1.72. The van der Waals surface area contributed by atoms with Gasteiger partial charge < -0.3 is 15.3 Å². The third-order valence-corrected chi connectivity index (χ3v) is 6.92. The van der Waals surface area contributed by atoms with E-state index in [1.165, 1.54) is 17.5 Å². The number of halogens is 1. The molecule has 9 heteroatoms. The van der Waals surface area contributed by atoms with Crippen molar-refractivity contribution in [2.24, 2.45) is 5.92 Å². The van der Waals surface area contributed by atoms with Gasteiger partial charge in [0.1, 0.15) is 10.6 Å². The molecule has 3 fully saturated rings. The summed E-state index contributed by atoms with van der Waals surface area (Å²) in [5.74, 6) is -1.27. The molecule has 3 aromatic rings. The van der Waals surface area contributed by atoms with Crippen molar-refractivity contribution in [3.8, 4) is 5.00 Å². The predicted octanol–water partition coefficient (Wildman–Crippen LogP) is 2.47. The van der Waals surface area contributed by atoms with Crippen molar-refractivity contribution in [2.75, 3.05) is 25.0 Å². The van der Waals surface area contributed by atoms with Crippen molar-refractivity contribution >= 4 is 34.2 Å². The van der Waals surface area contributed by atoms with E-state index in [4.69, 9.17) is 0 Å². The van der Waals surface area contributed by atoms with E-state index in [-0.39, 0.29) is 22.4 Å². The number of pyridine rings is 2. The molecular formula is C20H19FN4O3S. The third-order valence-electron chi connectivity index (χ3n) is 6.05. The second-order valence-corrected chi connectivity index (χ2v) is 8.77. The summed E-state index contributed by atoms with van der Waals surface area (Å²) in [6.07, 6.45) is 3.41. The van der Waals surface area contributed by atoms with Gasteiger partial charge in [0.2, 0.25) is 5.43 Å². The zero-order chi connectivity index (χ0) is 20.3. The van der Waals surface area contributed by atoms with Gasteiger partial charge in [0.05, 0.1) is 5.39 Å². The number of carboxylic acids is 1. The maximum absolute atomic E-state index is 15.0. The molecule has 0 spiro atoms. The molecule has 150 valence electrons. The summed E-state index contributed by atoms with van der Waals surface area (Å²) in [6.45, 7) is 1.36. The quantitative estimate of drug-likeness (QED) is 0.682. The van der Waals surface area contributed by atoms with Crippen LogP contribution in [0.15, 0.2) is 34.6 Å². The van der Waals surface area contributed by atoms with E-state index in [0.29, 0.717) is 17.5 Å². The molecular weight excluding hydrogens is 395 g/mol. The average Bonchev–Trinajstić information content (AvgIpc) is 3.21. The summed E-state index contributed by atoms with van der Waals surface area (Å²) >= 11 is 1.38. The van der Waals surface area contributed by atoms with Gasteiger partial charge in [-0.3, -0.25) is 9.36 Å². The van der Waals surface area contributed by atoms with Gasteiger partial charge in [-0.05, 0) is 49.4 Å². The van der Waals surface area contributed by atoms with Crippen LogP contribution < -0.4 is 15.6 Å². The smallest absolute Gasteiger partial charge is 0.341 e. The van der Waals surface area contributed by atoms with Crippen LogP contribution in [0.4, 0.5) is 10.2 Å². The Hall–Kier alpha value is -2.78. The molecule has 3 aromatic heterocycles. The lowest BCUT2D eigenvalue weighted by atomic mass is 9.65. The molecule has 29 heavy (non-hydrogen) atoms. The van der Waals surface area contributed by atoms with Gasteiger partial charge in [0, 0.05) is 24.8 Å². The summed E-state index contributed by atoms with van der Waals surface area (Å²) in [7, 11) is 1.92. The number of hydrogen-bond donors (Lipinski definition) is 2. The number of likely N-dealkylation sites (N-methyl/N-ethyl adjacent to an activating group) is 1. The van der Waals surface area contributed by atoms with Gasteiger partial charge in [-0.1, -0.05) is 0 Å². The number of carbonyl (C=O) groups is 1. The highest BCUT2D eigenvalue weighted by molar-refractivity contribution is 7.12. The van der Waals surface area contributed by atoms with Crippen molar-refractivity contribution in [3.05, 3.63) is 51.4 Å². The second kappa shape index (κ2) is 6.36. The first-order chi connectivity index (χ1) is 13.9. The zero-order valence-corrected chi connectivity index (χ0v) is 16.5. The molecule has 2 bridgehead atoms. The van der Waals surface area contributed by atoms with Gasteiger partial charge in [0.25, 0.3) is 0 Å². The first-order valence-electron chi connectivity index (χ1n) is 9.38. The van der Waals surface area contributed by atoms with E-state index in [9.17, 15) is 14.7 Å². The molecule has 1 saturated carbocycles. The molecule has 0 unspecified atom stereocenters. The van der Waals surface area contributed by atoms with E-state index < -0.39 is 22.8 Å². The van der Waals surface area contributed by atoms with Gasteiger partial charge in [0.15, 0.2) is 17.3 Å². The first-order valence-corrected chi connectivity index (χ1v) is 10.3. The van der Waals surface area contributed by atoms with Crippen LogP contribution in [0.2, 0.25) is 0 Å². The first kappa shape index (κ1) is 18.3. The van der Waals surface area contributed by atoms with Gasteiger partial charge in [-0.25, -0.2) is 14.2 Å². The number of hydrogen-bond acceptors (Lipinski definition) is 6. The van der Waals surface area contributed by atoms with Crippen LogP contribution in [0.1, 0.15) is 23.2 Å². The van der Waals surface area contributed by atoms with Crippen molar-refractivity contribution in [3.63, 3.8) is 0 Å². The van der Waals surface area contributed by atoms with E-state index in [1.54, 1.807) is 10.6 Å². The van der Waals surface area contributed by atoms with Crippen molar-refractivity contribution in [1.82, 2.24) is 14.9 Å². The maximum Gasteiger partial charge on any atom is 0.341 e. The molecule has 7 nitrogen and oxygen atoms in total. The topological polar surface area (TPSA) is 87.5 Å². The summed E-state index contributed by atoms with van der Waals surface area (Å²) in [5, 5.41) is 15.3. The molecule has 1 aliphatic carbocycles. The van der Waals surface area contributed by atoms with Crippen molar-refractivity contribution in [1.29, 1.82) is 0 Å². The maximum atomic E-state index is 15.0. The van der Waals surface area contributed by atoms with Gasteiger partial charge in [-0.2, -0.15) is 0 Å². The molecule has 2 aliphatic heterocycles. The number of nitrogens with zero attached hydrogens (tertiary/aromatic N) is 3. The summed E-state index contributed by atoms with van der Waals surface area (Å²) in [6, 6.07) is 4.75. The van der Waals surface area contributed by atoms with E-state index in [0.717, 1.165) is 25.5 Å². The highest BCUT2D eigenvalue weighted by atomic mass is 32.1. The normalized spacial score (nSPS) is 23.2. The molecule has 0 radical (unpaired) electrons. The molecule has 3 aliphatic rings. The van der Waals surface area contributed by atoms with E-state index >= 15 is 4.39 Å². The van der Waals surface area contributed by atoms with E-state index in [1.807, 2.05) is 23.4 Å².